The fourth-order valence-electron chi connectivity index (χ4n) is 3.03. The smallest absolute Gasteiger partial charge is 0.313 e. The number of anilines is 1. The molecule has 28 heavy (non-hydrogen) atoms. The van der Waals surface area contributed by atoms with E-state index in [4.69, 9.17) is 0 Å². The molecular weight excluding hydrogens is 360 g/mol. The van der Waals surface area contributed by atoms with Crippen LogP contribution in [0.25, 0.3) is 5.69 Å². The highest BCUT2D eigenvalue weighted by Crippen LogP contribution is 2.14. The van der Waals surface area contributed by atoms with Gasteiger partial charge in [0.25, 0.3) is 0 Å². The summed E-state index contributed by atoms with van der Waals surface area (Å²) >= 11 is 0. The van der Waals surface area contributed by atoms with Gasteiger partial charge in [-0.3, -0.25) is 9.59 Å². The van der Waals surface area contributed by atoms with Crippen LogP contribution in [-0.2, 0) is 9.59 Å². The maximum atomic E-state index is 12.1. The molecule has 0 saturated carbocycles. The molecular formula is C18H26N8O2. The highest BCUT2D eigenvalue weighted by Gasteiger charge is 2.15. The first kappa shape index (κ1) is 19.9. The Balaban J connectivity index is 1.43. The van der Waals surface area contributed by atoms with Gasteiger partial charge in [-0.2, -0.15) is 4.68 Å². The van der Waals surface area contributed by atoms with E-state index in [9.17, 15) is 9.59 Å². The number of likely N-dealkylation sites (N-methyl/N-ethyl adjacent to an activating group) is 1. The first-order chi connectivity index (χ1) is 13.5. The van der Waals surface area contributed by atoms with Crippen LogP contribution in [0.1, 0.15) is 12.2 Å². The quantitative estimate of drug-likeness (QED) is 0.517. The van der Waals surface area contributed by atoms with Crippen molar-refractivity contribution >= 4 is 17.5 Å². The molecule has 2 heterocycles. The van der Waals surface area contributed by atoms with Crippen LogP contribution in [0.3, 0.4) is 0 Å². The minimum absolute atomic E-state index is 0.475. The number of aryl methyl sites for hydroxylation is 1. The highest BCUT2D eigenvalue weighted by atomic mass is 16.2. The summed E-state index contributed by atoms with van der Waals surface area (Å²) < 4.78 is 1.55. The number of rotatable bonds is 6. The van der Waals surface area contributed by atoms with E-state index in [0.717, 1.165) is 39.1 Å². The van der Waals surface area contributed by atoms with Crippen molar-refractivity contribution in [3.8, 4) is 5.69 Å². The third kappa shape index (κ3) is 5.33. The van der Waals surface area contributed by atoms with E-state index in [1.54, 1.807) is 29.8 Å². The number of nitrogens with one attached hydrogen (secondary N) is 2. The third-order valence-corrected chi connectivity index (χ3v) is 4.71. The molecule has 1 aromatic carbocycles. The van der Waals surface area contributed by atoms with Gasteiger partial charge < -0.3 is 20.4 Å². The second-order valence-electron chi connectivity index (χ2n) is 6.90. The van der Waals surface area contributed by atoms with E-state index in [-0.39, 0.29) is 0 Å². The van der Waals surface area contributed by atoms with Crippen molar-refractivity contribution < 1.29 is 9.59 Å². The SMILES string of the molecule is Cc1nnnn1-c1cccc(NC(=O)C(=O)NCCCN2CCN(C)CC2)c1. The average Bonchev–Trinajstić information content (AvgIpc) is 3.12. The van der Waals surface area contributed by atoms with Gasteiger partial charge in [0.15, 0.2) is 5.82 Å². The van der Waals surface area contributed by atoms with Gasteiger partial charge in [0.1, 0.15) is 0 Å². The third-order valence-electron chi connectivity index (χ3n) is 4.71. The van der Waals surface area contributed by atoms with Gasteiger partial charge in [0, 0.05) is 38.4 Å². The monoisotopic (exact) mass is 386 g/mol. The van der Waals surface area contributed by atoms with Gasteiger partial charge in [-0.05, 0) is 55.6 Å². The molecule has 0 atom stereocenters. The largest absolute Gasteiger partial charge is 0.348 e. The lowest BCUT2D eigenvalue weighted by molar-refractivity contribution is -0.136. The van der Waals surface area contributed by atoms with Gasteiger partial charge in [0.05, 0.1) is 5.69 Å². The molecule has 2 amide bonds. The van der Waals surface area contributed by atoms with Gasteiger partial charge in [-0.15, -0.1) is 5.10 Å². The van der Waals surface area contributed by atoms with Gasteiger partial charge in [-0.1, -0.05) is 6.07 Å². The number of hydrogen-bond acceptors (Lipinski definition) is 7. The number of nitrogens with zero attached hydrogens (tertiary/aromatic N) is 6. The number of hydrogen-bond donors (Lipinski definition) is 2. The van der Waals surface area contributed by atoms with Crippen molar-refractivity contribution in [2.45, 2.75) is 13.3 Å². The van der Waals surface area contributed by atoms with Crippen LogP contribution in [0.5, 0.6) is 0 Å². The second kappa shape index (κ2) is 9.38. The average molecular weight is 386 g/mol. The molecule has 2 aromatic rings. The molecule has 0 bridgehead atoms. The summed E-state index contributed by atoms with van der Waals surface area (Å²) in [6.07, 6.45) is 0.816. The predicted molar refractivity (Wildman–Crippen MR) is 104 cm³/mol. The lowest BCUT2D eigenvalue weighted by atomic mass is 10.2. The molecule has 0 spiro atoms. The summed E-state index contributed by atoms with van der Waals surface area (Å²) in [5.41, 5.74) is 1.21. The van der Waals surface area contributed by atoms with Gasteiger partial charge in [-0.25, -0.2) is 0 Å². The van der Waals surface area contributed by atoms with Crippen LogP contribution in [0.15, 0.2) is 24.3 Å². The van der Waals surface area contributed by atoms with E-state index < -0.39 is 11.8 Å². The molecule has 150 valence electrons. The lowest BCUT2D eigenvalue weighted by Gasteiger charge is -2.32. The predicted octanol–water partition coefficient (Wildman–Crippen LogP) is -0.337. The van der Waals surface area contributed by atoms with Crippen LogP contribution in [0, 0.1) is 6.92 Å². The first-order valence-corrected chi connectivity index (χ1v) is 9.38. The van der Waals surface area contributed by atoms with Crippen molar-refractivity contribution in [2.24, 2.45) is 0 Å². The Morgan fingerprint density at radius 3 is 2.64 bits per heavy atom. The number of aromatic nitrogens is 4. The summed E-state index contributed by atoms with van der Waals surface area (Å²) in [6.45, 7) is 7.40. The Labute approximate surface area is 163 Å². The fraction of sp³-hybridized carbons (Fsp3) is 0.500. The fourth-order valence-corrected chi connectivity index (χ4v) is 3.03. The number of carbonyl (C=O) groups excluding carboxylic acids is 2. The van der Waals surface area contributed by atoms with E-state index in [1.165, 1.54) is 0 Å². The standard InChI is InChI=1S/C18H26N8O2/c1-14-21-22-23-26(14)16-6-3-5-15(13-16)20-18(28)17(27)19-7-4-8-25-11-9-24(2)10-12-25/h3,5-6,13H,4,7-12H2,1-2H3,(H,19,27)(H,20,28). The highest BCUT2D eigenvalue weighted by molar-refractivity contribution is 6.39. The van der Waals surface area contributed by atoms with Crippen molar-refractivity contribution in [2.75, 3.05) is 51.6 Å². The summed E-state index contributed by atoms with van der Waals surface area (Å²) in [5.74, 6) is -0.700. The topological polar surface area (TPSA) is 108 Å². The van der Waals surface area contributed by atoms with Gasteiger partial charge in [0.2, 0.25) is 0 Å². The number of tetrazole rings is 1. The maximum Gasteiger partial charge on any atom is 0.313 e. The maximum absolute atomic E-state index is 12.1. The van der Waals surface area contributed by atoms with E-state index in [1.807, 2.05) is 6.07 Å². The molecule has 0 unspecified atom stereocenters. The number of piperazine rings is 1. The molecule has 1 aliphatic rings. The summed E-state index contributed by atoms with van der Waals surface area (Å²) in [6, 6.07) is 7.00. The van der Waals surface area contributed by atoms with Crippen molar-refractivity contribution in [3.05, 3.63) is 30.1 Å². The zero-order chi connectivity index (χ0) is 19.9. The van der Waals surface area contributed by atoms with Crippen LogP contribution in [0.4, 0.5) is 5.69 Å². The molecule has 2 N–H and O–H groups in total. The molecule has 10 nitrogen and oxygen atoms in total. The summed E-state index contributed by atoms with van der Waals surface area (Å²) in [5, 5.41) is 16.6. The molecule has 0 aliphatic carbocycles. The van der Waals surface area contributed by atoms with E-state index in [0.29, 0.717) is 23.7 Å². The molecule has 0 radical (unpaired) electrons. The van der Waals surface area contributed by atoms with Crippen molar-refractivity contribution in [3.63, 3.8) is 0 Å². The molecule has 1 aliphatic heterocycles. The minimum Gasteiger partial charge on any atom is -0.348 e. The zero-order valence-corrected chi connectivity index (χ0v) is 16.3. The zero-order valence-electron chi connectivity index (χ0n) is 16.3. The Morgan fingerprint density at radius 2 is 1.93 bits per heavy atom. The van der Waals surface area contributed by atoms with Crippen LogP contribution in [0.2, 0.25) is 0 Å². The lowest BCUT2D eigenvalue weighted by Crippen LogP contribution is -2.45. The number of amides is 2. The number of carbonyl (C=O) groups is 2. The number of benzene rings is 1. The van der Waals surface area contributed by atoms with E-state index in [2.05, 4.69) is 43.0 Å². The molecule has 1 saturated heterocycles. The Morgan fingerprint density at radius 1 is 1.14 bits per heavy atom. The van der Waals surface area contributed by atoms with Gasteiger partial charge >= 0.3 is 11.8 Å². The summed E-state index contributed by atoms with van der Waals surface area (Å²) in [4.78, 5) is 28.8. The summed E-state index contributed by atoms with van der Waals surface area (Å²) in [7, 11) is 2.12. The van der Waals surface area contributed by atoms with Crippen LogP contribution < -0.4 is 10.6 Å². The van der Waals surface area contributed by atoms with Crippen molar-refractivity contribution in [1.82, 2.24) is 35.3 Å². The van der Waals surface area contributed by atoms with Crippen LogP contribution in [-0.4, -0.2) is 88.1 Å². The molecule has 10 heteroatoms. The van der Waals surface area contributed by atoms with Crippen molar-refractivity contribution in [1.29, 1.82) is 0 Å². The Hall–Kier alpha value is -2.85. The second-order valence-corrected chi connectivity index (χ2v) is 6.90. The minimum atomic E-state index is -0.690. The molecule has 3 rings (SSSR count). The van der Waals surface area contributed by atoms with E-state index >= 15 is 0 Å². The van der Waals surface area contributed by atoms with Crippen LogP contribution >= 0.6 is 0 Å². The Bertz CT molecular complexity index is 813. The normalized spacial score (nSPS) is 15.4. The Kier molecular flexibility index (Phi) is 6.66. The molecule has 1 fully saturated rings. The molecule has 1 aromatic heterocycles. The first-order valence-electron chi connectivity index (χ1n) is 9.38.